The number of nitrogens with zero attached hydrogens (tertiary/aromatic N) is 2. The van der Waals surface area contributed by atoms with Crippen LogP contribution < -0.4 is 15.7 Å². The van der Waals surface area contributed by atoms with Crippen LogP contribution in [0.1, 0.15) is 5.56 Å². The van der Waals surface area contributed by atoms with Crippen molar-refractivity contribution in [1.82, 2.24) is 14.9 Å². The Bertz CT molecular complexity index is 1250. The molecule has 0 bridgehead atoms. The highest BCUT2D eigenvalue weighted by Crippen LogP contribution is 2.24. The van der Waals surface area contributed by atoms with Crippen LogP contribution in [0.4, 0.5) is 0 Å². The molecule has 4 rings (SSSR count). The quantitative estimate of drug-likeness (QED) is 0.539. The standard InChI is InChI=1S/C24H21N3O3/c1-30-19-11-7-8-17(14-19)15-25-22(28)16-27-21-13-6-5-12-20(21)23(26-24(27)29)18-9-3-2-4-10-18/h2-14H,15-16H2,1H3,(H,25,28). The summed E-state index contributed by atoms with van der Waals surface area (Å²) in [7, 11) is 1.60. The number of hydrogen-bond acceptors (Lipinski definition) is 4. The van der Waals surface area contributed by atoms with E-state index < -0.39 is 5.69 Å². The average Bonchev–Trinajstić information content (AvgIpc) is 2.80. The number of rotatable bonds is 6. The third-order valence-electron chi connectivity index (χ3n) is 4.86. The summed E-state index contributed by atoms with van der Waals surface area (Å²) in [5, 5.41) is 3.68. The van der Waals surface area contributed by atoms with E-state index in [1.165, 1.54) is 4.57 Å². The molecule has 6 nitrogen and oxygen atoms in total. The van der Waals surface area contributed by atoms with Crippen molar-refractivity contribution in [3.8, 4) is 17.0 Å². The van der Waals surface area contributed by atoms with E-state index in [0.29, 0.717) is 17.8 Å². The minimum absolute atomic E-state index is 0.106. The Morgan fingerprint density at radius 2 is 1.77 bits per heavy atom. The molecule has 1 amide bonds. The molecule has 0 radical (unpaired) electrons. The lowest BCUT2D eigenvalue weighted by Crippen LogP contribution is -2.33. The van der Waals surface area contributed by atoms with E-state index in [4.69, 9.17) is 4.74 Å². The topological polar surface area (TPSA) is 73.2 Å². The summed E-state index contributed by atoms with van der Waals surface area (Å²) in [6.07, 6.45) is 0. The summed E-state index contributed by atoms with van der Waals surface area (Å²) in [4.78, 5) is 29.6. The van der Waals surface area contributed by atoms with Gasteiger partial charge in [0, 0.05) is 17.5 Å². The van der Waals surface area contributed by atoms with Crippen LogP contribution in [-0.4, -0.2) is 22.6 Å². The zero-order valence-corrected chi connectivity index (χ0v) is 16.5. The number of para-hydroxylation sites is 1. The van der Waals surface area contributed by atoms with Crippen molar-refractivity contribution in [2.45, 2.75) is 13.1 Å². The molecular formula is C24H21N3O3. The van der Waals surface area contributed by atoms with Crippen molar-refractivity contribution in [1.29, 1.82) is 0 Å². The maximum atomic E-state index is 12.8. The zero-order valence-electron chi connectivity index (χ0n) is 16.5. The molecule has 0 aliphatic carbocycles. The number of benzene rings is 3. The van der Waals surface area contributed by atoms with Crippen LogP contribution >= 0.6 is 0 Å². The van der Waals surface area contributed by atoms with Gasteiger partial charge in [-0.25, -0.2) is 4.79 Å². The molecule has 1 heterocycles. The van der Waals surface area contributed by atoms with E-state index >= 15 is 0 Å². The molecule has 30 heavy (non-hydrogen) atoms. The number of carbonyl (C=O) groups is 1. The average molecular weight is 399 g/mol. The number of fused-ring (bicyclic) bond motifs is 1. The smallest absolute Gasteiger partial charge is 0.349 e. The summed E-state index contributed by atoms with van der Waals surface area (Å²) in [5.41, 5.74) is 2.61. The molecule has 6 heteroatoms. The molecule has 150 valence electrons. The van der Waals surface area contributed by atoms with E-state index in [9.17, 15) is 9.59 Å². The van der Waals surface area contributed by atoms with E-state index in [0.717, 1.165) is 22.3 Å². The molecule has 3 aromatic carbocycles. The van der Waals surface area contributed by atoms with Gasteiger partial charge < -0.3 is 10.1 Å². The first-order chi connectivity index (χ1) is 14.7. The third-order valence-corrected chi connectivity index (χ3v) is 4.86. The van der Waals surface area contributed by atoms with Crippen molar-refractivity contribution in [2.75, 3.05) is 7.11 Å². The highest BCUT2D eigenvalue weighted by Gasteiger charge is 2.14. The Balaban J connectivity index is 1.61. The summed E-state index contributed by atoms with van der Waals surface area (Å²) in [6.45, 7) is 0.240. The van der Waals surface area contributed by atoms with Gasteiger partial charge in [0.2, 0.25) is 5.91 Å². The van der Waals surface area contributed by atoms with E-state index in [-0.39, 0.29) is 12.5 Å². The van der Waals surface area contributed by atoms with E-state index in [2.05, 4.69) is 10.3 Å². The molecule has 0 aliphatic rings. The lowest BCUT2D eigenvalue weighted by atomic mass is 10.1. The fourth-order valence-electron chi connectivity index (χ4n) is 3.38. The summed E-state index contributed by atoms with van der Waals surface area (Å²) in [5.74, 6) is 0.462. The fourth-order valence-corrected chi connectivity index (χ4v) is 3.38. The van der Waals surface area contributed by atoms with Crippen molar-refractivity contribution >= 4 is 16.8 Å². The number of hydrogen-bond donors (Lipinski definition) is 1. The molecule has 0 spiro atoms. The van der Waals surface area contributed by atoms with Gasteiger partial charge in [0.25, 0.3) is 0 Å². The number of methoxy groups -OCH3 is 1. The predicted octanol–water partition coefficient (Wildman–Crippen LogP) is 3.39. The second kappa shape index (κ2) is 8.61. The third kappa shape index (κ3) is 4.07. The number of aromatic nitrogens is 2. The van der Waals surface area contributed by atoms with Gasteiger partial charge in [-0.1, -0.05) is 60.7 Å². The van der Waals surface area contributed by atoms with Crippen LogP contribution in [0.2, 0.25) is 0 Å². The van der Waals surface area contributed by atoms with Crippen molar-refractivity contribution in [3.05, 3.63) is 94.9 Å². The molecule has 1 aromatic heterocycles. The normalized spacial score (nSPS) is 10.7. The van der Waals surface area contributed by atoms with Gasteiger partial charge in [0.15, 0.2) is 0 Å². The van der Waals surface area contributed by atoms with Gasteiger partial charge in [0.05, 0.1) is 18.3 Å². The number of amides is 1. The molecule has 0 aliphatic heterocycles. The Morgan fingerprint density at radius 3 is 2.57 bits per heavy atom. The Hall–Kier alpha value is -3.93. The molecule has 0 fully saturated rings. The Morgan fingerprint density at radius 1 is 1.00 bits per heavy atom. The zero-order chi connectivity index (χ0) is 20.9. The van der Waals surface area contributed by atoms with Crippen LogP contribution in [0.5, 0.6) is 5.75 Å². The molecule has 0 saturated carbocycles. The second-order valence-corrected chi connectivity index (χ2v) is 6.84. The van der Waals surface area contributed by atoms with Gasteiger partial charge >= 0.3 is 5.69 Å². The van der Waals surface area contributed by atoms with Gasteiger partial charge in [0.1, 0.15) is 12.3 Å². The van der Waals surface area contributed by atoms with Crippen LogP contribution in [0.3, 0.4) is 0 Å². The fraction of sp³-hybridized carbons (Fsp3) is 0.125. The minimum atomic E-state index is -0.455. The van der Waals surface area contributed by atoms with E-state index in [1.807, 2.05) is 78.9 Å². The van der Waals surface area contributed by atoms with Gasteiger partial charge in [-0.2, -0.15) is 4.98 Å². The van der Waals surface area contributed by atoms with Gasteiger partial charge in [-0.05, 0) is 23.8 Å². The number of ether oxygens (including phenoxy) is 1. The van der Waals surface area contributed by atoms with Crippen molar-refractivity contribution in [3.63, 3.8) is 0 Å². The monoisotopic (exact) mass is 399 g/mol. The van der Waals surface area contributed by atoms with Crippen LogP contribution in [0.25, 0.3) is 22.2 Å². The van der Waals surface area contributed by atoms with Crippen LogP contribution in [0, 0.1) is 0 Å². The predicted molar refractivity (Wildman–Crippen MR) is 116 cm³/mol. The van der Waals surface area contributed by atoms with E-state index in [1.54, 1.807) is 7.11 Å². The summed E-state index contributed by atoms with van der Waals surface area (Å²) >= 11 is 0. The first kappa shape index (κ1) is 19.4. The number of carbonyl (C=O) groups excluding carboxylic acids is 1. The Kier molecular flexibility index (Phi) is 5.57. The van der Waals surface area contributed by atoms with Gasteiger partial charge in [-0.15, -0.1) is 0 Å². The summed E-state index contributed by atoms with van der Waals surface area (Å²) in [6, 6.07) is 24.5. The summed E-state index contributed by atoms with van der Waals surface area (Å²) < 4.78 is 6.61. The molecule has 0 atom stereocenters. The van der Waals surface area contributed by atoms with Crippen molar-refractivity contribution < 1.29 is 9.53 Å². The van der Waals surface area contributed by atoms with Crippen LogP contribution in [-0.2, 0) is 17.9 Å². The minimum Gasteiger partial charge on any atom is -0.497 e. The largest absolute Gasteiger partial charge is 0.497 e. The first-order valence-electron chi connectivity index (χ1n) is 9.60. The maximum Gasteiger partial charge on any atom is 0.349 e. The number of nitrogens with one attached hydrogen (secondary N) is 1. The maximum absolute atomic E-state index is 12.8. The first-order valence-corrected chi connectivity index (χ1v) is 9.60. The molecule has 0 unspecified atom stereocenters. The Labute approximate surface area is 173 Å². The second-order valence-electron chi connectivity index (χ2n) is 6.84. The molecular weight excluding hydrogens is 378 g/mol. The van der Waals surface area contributed by atoms with Crippen molar-refractivity contribution in [2.24, 2.45) is 0 Å². The van der Waals surface area contributed by atoms with Gasteiger partial charge in [-0.3, -0.25) is 9.36 Å². The molecule has 1 N–H and O–H groups in total. The van der Waals surface area contributed by atoms with Crippen LogP contribution in [0.15, 0.2) is 83.7 Å². The molecule has 4 aromatic rings. The lowest BCUT2D eigenvalue weighted by Gasteiger charge is -2.13. The highest BCUT2D eigenvalue weighted by molar-refractivity contribution is 5.93. The molecule has 0 saturated heterocycles. The highest BCUT2D eigenvalue weighted by atomic mass is 16.5. The SMILES string of the molecule is COc1cccc(CNC(=O)Cn2c(=O)nc(-c3ccccc3)c3ccccc32)c1. The lowest BCUT2D eigenvalue weighted by molar-refractivity contribution is -0.121.